The van der Waals surface area contributed by atoms with E-state index in [2.05, 4.69) is 15.4 Å². The van der Waals surface area contributed by atoms with Crippen molar-refractivity contribution in [2.75, 3.05) is 28.4 Å². The first-order valence-corrected chi connectivity index (χ1v) is 11.4. The Bertz CT molecular complexity index is 981. The normalized spacial score (nSPS) is 14.5. The summed E-state index contributed by atoms with van der Waals surface area (Å²) in [5.74, 6) is -0.202. The number of carbonyl (C=O) groups is 2. The van der Waals surface area contributed by atoms with Crippen molar-refractivity contribution in [3.63, 3.8) is 0 Å². The number of rotatable bonds is 5. The van der Waals surface area contributed by atoms with Gasteiger partial charge in [-0.1, -0.05) is 12.8 Å². The average Bonchev–Trinajstić information content (AvgIpc) is 2.99. The van der Waals surface area contributed by atoms with E-state index < -0.39 is 10.0 Å². The van der Waals surface area contributed by atoms with Crippen LogP contribution < -0.4 is 15.4 Å². The number of nitrogens with one attached hydrogen (secondary N) is 3. The maximum absolute atomic E-state index is 12.6. The van der Waals surface area contributed by atoms with Gasteiger partial charge in [0.25, 0.3) is 10.0 Å². The quantitative estimate of drug-likeness (QED) is 0.669. The Balaban J connectivity index is 1.62. The second-order valence-corrected chi connectivity index (χ2v) is 8.90. The van der Waals surface area contributed by atoms with Crippen molar-refractivity contribution in [1.29, 1.82) is 0 Å². The van der Waals surface area contributed by atoms with Gasteiger partial charge in [0.1, 0.15) is 0 Å². The highest BCUT2D eigenvalue weighted by Crippen LogP contribution is 2.20. The predicted octanol–water partition coefficient (Wildman–Crippen LogP) is 3.85. The number of hydrogen-bond donors (Lipinski definition) is 3. The van der Waals surface area contributed by atoms with Crippen LogP contribution in [0.2, 0.25) is 0 Å². The van der Waals surface area contributed by atoms with E-state index in [1.165, 1.54) is 19.1 Å². The molecule has 1 aliphatic heterocycles. The molecule has 1 fully saturated rings. The molecule has 160 valence electrons. The predicted molar refractivity (Wildman–Crippen MR) is 117 cm³/mol. The SMILES string of the molecule is CC(=O)Nc1ccc(NS(=O)(=O)c2ccc(NC(=O)N3CCCCCC3)cc2)cc1. The molecular weight excluding hydrogens is 404 g/mol. The van der Waals surface area contributed by atoms with E-state index in [9.17, 15) is 18.0 Å². The van der Waals surface area contributed by atoms with Crippen LogP contribution in [0.4, 0.5) is 21.9 Å². The molecule has 0 aliphatic carbocycles. The van der Waals surface area contributed by atoms with Crippen LogP contribution in [0.15, 0.2) is 53.4 Å². The molecule has 0 unspecified atom stereocenters. The van der Waals surface area contributed by atoms with Crippen LogP contribution in [-0.4, -0.2) is 38.3 Å². The van der Waals surface area contributed by atoms with E-state index in [1.807, 2.05) is 0 Å². The highest BCUT2D eigenvalue weighted by atomic mass is 32.2. The van der Waals surface area contributed by atoms with Gasteiger partial charge in [-0.05, 0) is 61.4 Å². The maximum atomic E-state index is 12.6. The molecule has 0 radical (unpaired) electrons. The molecule has 1 heterocycles. The van der Waals surface area contributed by atoms with Gasteiger partial charge in [-0.2, -0.15) is 0 Å². The lowest BCUT2D eigenvalue weighted by Gasteiger charge is -2.20. The minimum absolute atomic E-state index is 0.0845. The highest BCUT2D eigenvalue weighted by molar-refractivity contribution is 7.92. The number of carbonyl (C=O) groups excluding carboxylic acids is 2. The summed E-state index contributed by atoms with van der Waals surface area (Å²) < 4.78 is 27.7. The fourth-order valence-electron chi connectivity index (χ4n) is 3.23. The number of urea groups is 1. The van der Waals surface area contributed by atoms with Crippen LogP contribution in [-0.2, 0) is 14.8 Å². The molecule has 0 saturated carbocycles. The summed E-state index contributed by atoms with van der Waals surface area (Å²) in [6, 6.07) is 12.2. The standard InChI is InChI=1S/C21H26N4O4S/c1-16(26)22-17-6-8-19(9-7-17)24-30(28,29)20-12-10-18(11-13-20)23-21(27)25-14-4-2-3-5-15-25/h6-13,24H,2-5,14-15H2,1H3,(H,22,26)(H,23,27). The van der Waals surface area contributed by atoms with Gasteiger partial charge in [0.05, 0.1) is 4.90 Å². The van der Waals surface area contributed by atoms with Gasteiger partial charge in [-0.25, -0.2) is 13.2 Å². The molecule has 8 nitrogen and oxygen atoms in total. The summed E-state index contributed by atoms with van der Waals surface area (Å²) in [6.07, 6.45) is 4.28. The Kier molecular flexibility index (Phi) is 6.94. The fourth-order valence-corrected chi connectivity index (χ4v) is 4.29. The van der Waals surface area contributed by atoms with Crippen LogP contribution in [0.5, 0.6) is 0 Å². The first kappa shape index (κ1) is 21.6. The summed E-state index contributed by atoms with van der Waals surface area (Å²) in [5.41, 5.74) is 1.50. The average molecular weight is 431 g/mol. The fraction of sp³-hybridized carbons (Fsp3) is 0.333. The number of amides is 3. The van der Waals surface area contributed by atoms with Crippen LogP contribution >= 0.6 is 0 Å². The molecule has 0 spiro atoms. The number of anilines is 3. The minimum Gasteiger partial charge on any atom is -0.326 e. The van der Waals surface area contributed by atoms with E-state index in [4.69, 9.17) is 0 Å². The van der Waals surface area contributed by atoms with Crippen molar-refractivity contribution < 1.29 is 18.0 Å². The number of hydrogen-bond acceptors (Lipinski definition) is 4. The topological polar surface area (TPSA) is 108 Å². The second-order valence-electron chi connectivity index (χ2n) is 7.22. The van der Waals surface area contributed by atoms with Crippen molar-refractivity contribution in [2.45, 2.75) is 37.5 Å². The molecule has 2 aromatic carbocycles. The number of sulfonamides is 1. The monoisotopic (exact) mass is 430 g/mol. The molecule has 0 aromatic heterocycles. The van der Waals surface area contributed by atoms with E-state index in [-0.39, 0.29) is 16.8 Å². The molecule has 9 heteroatoms. The first-order valence-electron chi connectivity index (χ1n) is 9.90. The van der Waals surface area contributed by atoms with Gasteiger partial charge < -0.3 is 15.5 Å². The smallest absolute Gasteiger partial charge is 0.321 e. The van der Waals surface area contributed by atoms with E-state index in [1.54, 1.807) is 41.3 Å². The molecule has 0 bridgehead atoms. The van der Waals surface area contributed by atoms with Gasteiger partial charge >= 0.3 is 6.03 Å². The van der Waals surface area contributed by atoms with Gasteiger partial charge in [0, 0.05) is 37.1 Å². The zero-order valence-electron chi connectivity index (χ0n) is 16.8. The summed E-state index contributed by atoms with van der Waals surface area (Å²) in [6.45, 7) is 2.88. The third-order valence-electron chi connectivity index (χ3n) is 4.77. The summed E-state index contributed by atoms with van der Waals surface area (Å²) >= 11 is 0. The molecule has 1 saturated heterocycles. The van der Waals surface area contributed by atoms with Crippen molar-refractivity contribution in [2.24, 2.45) is 0 Å². The lowest BCUT2D eigenvalue weighted by atomic mass is 10.2. The van der Waals surface area contributed by atoms with Crippen LogP contribution in [0.1, 0.15) is 32.6 Å². The van der Waals surface area contributed by atoms with Gasteiger partial charge in [-0.15, -0.1) is 0 Å². The molecule has 30 heavy (non-hydrogen) atoms. The maximum Gasteiger partial charge on any atom is 0.321 e. The second kappa shape index (κ2) is 9.62. The molecule has 1 aliphatic rings. The van der Waals surface area contributed by atoms with Crippen molar-refractivity contribution in [1.82, 2.24) is 4.90 Å². The Hall–Kier alpha value is -3.07. The zero-order valence-corrected chi connectivity index (χ0v) is 17.7. The van der Waals surface area contributed by atoms with Crippen LogP contribution in [0, 0.1) is 0 Å². The largest absolute Gasteiger partial charge is 0.326 e. The van der Waals surface area contributed by atoms with Gasteiger partial charge in [-0.3, -0.25) is 9.52 Å². The zero-order chi connectivity index (χ0) is 21.6. The van der Waals surface area contributed by atoms with Crippen molar-refractivity contribution >= 4 is 39.0 Å². The lowest BCUT2D eigenvalue weighted by molar-refractivity contribution is -0.114. The van der Waals surface area contributed by atoms with E-state index in [0.717, 1.165) is 38.8 Å². The third kappa shape index (κ3) is 5.96. The summed E-state index contributed by atoms with van der Waals surface area (Å²) in [7, 11) is -3.78. The highest BCUT2D eigenvalue weighted by Gasteiger charge is 2.17. The molecule has 3 amide bonds. The summed E-state index contributed by atoms with van der Waals surface area (Å²) in [5, 5.41) is 5.45. The molecule has 3 N–H and O–H groups in total. The third-order valence-corrected chi connectivity index (χ3v) is 6.16. The molecular formula is C21H26N4O4S. The first-order chi connectivity index (χ1) is 14.3. The Morgan fingerprint density at radius 1 is 0.767 bits per heavy atom. The Morgan fingerprint density at radius 2 is 1.27 bits per heavy atom. The Morgan fingerprint density at radius 3 is 1.83 bits per heavy atom. The van der Waals surface area contributed by atoms with E-state index >= 15 is 0 Å². The number of benzene rings is 2. The molecule has 3 rings (SSSR count). The molecule has 2 aromatic rings. The Labute approximate surface area is 176 Å². The van der Waals surface area contributed by atoms with Crippen molar-refractivity contribution in [3.05, 3.63) is 48.5 Å². The van der Waals surface area contributed by atoms with Crippen molar-refractivity contribution in [3.8, 4) is 0 Å². The number of nitrogens with zero attached hydrogens (tertiary/aromatic N) is 1. The number of likely N-dealkylation sites (tertiary alicyclic amines) is 1. The lowest BCUT2D eigenvalue weighted by Crippen LogP contribution is -2.35. The molecule has 0 atom stereocenters. The van der Waals surface area contributed by atoms with Crippen LogP contribution in [0.3, 0.4) is 0 Å². The van der Waals surface area contributed by atoms with Gasteiger partial charge in [0.2, 0.25) is 5.91 Å². The van der Waals surface area contributed by atoms with E-state index in [0.29, 0.717) is 17.1 Å². The van der Waals surface area contributed by atoms with Crippen LogP contribution in [0.25, 0.3) is 0 Å². The summed E-state index contributed by atoms with van der Waals surface area (Å²) in [4.78, 5) is 25.3. The van der Waals surface area contributed by atoms with Gasteiger partial charge in [0.15, 0.2) is 0 Å². The minimum atomic E-state index is -3.78.